The highest BCUT2D eigenvalue weighted by Crippen LogP contribution is 2.37. The van der Waals surface area contributed by atoms with Crippen LogP contribution in [0.5, 0.6) is 0 Å². The number of benzene rings is 1. The van der Waals surface area contributed by atoms with E-state index in [1.54, 1.807) is 6.07 Å². The molecule has 0 bridgehead atoms. The van der Waals surface area contributed by atoms with Crippen molar-refractivity contribution in [3.63, 3.8) is 0 Å². The second kappa shape index (κ2) is 5.09. The van der Waals surface area contributed by atoms with E-state index in [-0.39, 0.29) is 4.90 Å². The zero-order valence-corrected chi connectivity index (χ0v) is 14.0. The van der Waals surface area contributed by atoms with Gasteiger partial charge in [-0.15, -0.1) is 0 Å². The molecule has 0 atom stereocenters. The lowest BCUT2D eigenvalue weighted by atomic mass is 9.75. The molecule has 2 rings (SSSR count). The highest BCUT2D eigenvalue weighted by atomic mass is 32.2. The van der Waals surface area contributed by atoms with Crippen LogP contribution in [0.15, 0.2) is 23.1 Å². The fourth-order valence-corrected chi connectivity index (χ4v) is 3.18. The Labute approximate surface area is 127 Å². The van der Waals surface area contributed by atoms with Crippen molar-refractivity contribution >= 4 is 22.6 Å². The van der Waals surface area contributed by atoms with E-state index in [0.29, 0.717) is 11.9 Å². The predicted molar refractivity (Wildman–Crippen MR) is 82.9 cm³/mol. The third-order valence-corrected chi connectivity index (χ3v) is 5.30. The summed E-state index contributed by atoms with van der Waals surface area (Å²) in [5, 5.41) is 5.35. The van der Waals surface area contributed by atoms with Gasteiger partial charge in [0.05, 0.1) is 16.1 Å². The lowest BCUT2D eigenvalue weighted by molar-refractivity contribution is 0.00578. The maximum Gasteiger partial charge on any atom is 0.496 e. The van der Waals surface area contributed by atoms with Crippen LogP contribution in [0.3, 0.4) is 0 Å². The SMILES string of the molecule is CCc1cccc(S(N)(=O)=O)c1B1OC(C)(C)C(C)(C)O1. The summed E-state index contributed by atoms with van der Waals surface area (Å²) in [7, 11) is -4.57. The molecule has 1 saturated heterocycles. The van der Waals surface area contributed by atoms with E-state index in [2.05, 4.69) is 0 Å². The summed E-state index contributed by atoms with van der Waals surface area (Å²) in [6, 6.07) is 5.05. The first-order valence-corrected chi connectivity index (χ1v) is 8.54. The average Bonchev–Trinajstić information content (AvgIpc) is 2.56. The first-order chi connectivity index (χ1) is 9.49. The Morgan fingerprint density at radius 2 is 1.67 bits per heavy atom. The number of nitrogens with two attached hydrogens (primary N) is 1. The van der Waals surface area contributed by atoms with Gasteiger partial charge in [-0.2, -0.15) is 0 Å². The molecule has 1 heterocycles. The smallest absolute Gasteiger partial charge is 0.399 e. The number of rotatable bonds is 3. The normalized spacial score (nSPS) is 20.8. The molecule has 0 radical (unpaired) electrons. The van der Waals surface area contributed by atoms with E-state index in [4.69, 9.17) is 14.4 Å². The van der Waals surface area contributed by atoms with Crippen molar-refractivity contribution in [1.82, 2.24) is 0 Å². The van der Waals surface area contributed by atoms with Gasteiger partial charge in [-0.25, -0.2) is 13.6 Å². The molecule has 1 aromatic rings. The van der Waals surface area contributed by atoms with Crippen LogP contribution >= 0.6 is 0 Å². The number of sulfonamides is 1. The topological polar surface area (TPSA) is 78.6 Å². The molecule has 0 aliphatic carbocycles. The second-order valence-corrected chi connectivity index (χ2v) is 7.85. The summed E-state index contributed by atoms with van der Waals surface area (Å²) < 4.78 is 35.7. The van der Waals surface area contributed by atoms with Crippen molar-refractivity contribution in [3.05, 3.63) is 23.8 Å². The van der Waals surface area contributed by atoms with E-state index >= 15 is 0 Å². The Bertz CT molecular complexity index is 639. The zero-order chi connectivity index (χ0) is 16.1. The minimum atomic E-state index is -3.84. The minimum absolute atomic E-state index is 0.0698. The second-order valence-electron chi connectivity index (χ2n) is 6.32. The van der Waals surface area contributed by atoms with Gasteiger partial charge in [0, 0.05) is 5.46 Å². The van der Waals surface area contributed by atoms with Crippen molar-refractivity contribution in [1.29, 1.82) is 0 Å². The molecule has 1 aliphatic heterocycles. The quantitative estimate of drug-likeness (QED) is 0.851. The van der Waals surface area contributed by atoms with E-state index < -0.39 is 28.3 Å². The molecule has 0 amide bonds. The lowest BCUT2D eigenvalue weighted by Gasteiger charge is -2.32. The average molecular weight is 311 g/mol. The molecular formula is C14H22BNO4S. The van der Waals surface area contributed by atoms with Gasteiger partial charge in [0.25, 0.3) is 0 Å². The standard InChI is InChI=1S/C14H22BNO4S/c1-6-10-8-7-9-11(21(16,17)18)12(10)15-19-13(2,3)14(4,5)20-15/h7-9H,6H2,1-5H3,(H2,16,17,18). The maximum absolute atomic E-state index is 11.9. The molecule has 0 saturated carbocycles. The van der Waals surface area contributed by atoms with Crippen molar-refractivity contribution in [2.75, 3.05) is 0 Å². The van der Waals surface area contributed by atoms with Crippen LogP contribution in [0.1, 0.15) is 40.2 Å². The molecule has 7 heteroatoms. The summed E-state index contributed by atoms with van der Waals surface area (Å²) in [6.45, 7) is 9.67. The van der Waals surface area contributed by atoms with Gasteiger partial charge in [0.1, 0.15) is 0 Å². The molecule has 2 N–H and O–H groups in total. The Balaban J connectivity index is 2.60. The van der Waals surface area contributed by atoms with Gasteiger partial charge in [-0.05, 0) is 45.7 Å². The Hall–Kier alpha value is -0.885. The van der Waals surface area contributed by atoms with Gasteiger partial charge in [0.2, 0.25) is 10.0 Å². The molecular weight excluding hydrogens is 289 g/mol. The van der Waals surface area contributed by atoms with E-state index in [0.717, 1.165) is 5.56 Å². The van der Waals surface area contributed by atoms with Crippen LogP contribution in [-0.2, 0) is 25.8 Å². The summed E-state index contributed by atoms with van der Waals surface area (Å²) in [6.07, 6.45) is 0.669. The third-order valence-electron chi connectivity index (χ3n) is 4.33. The number of hydrogen-bond donors (Lipinski definition) is 1. The molecule has 1 fully saturated rings. The van der Waals surface area contributed by atoms with Crippen LogP contribution in [0.25, 0.3) is 0 Å². The number of hydrogen-bond acceptors (Lipinski definition) is 4. The van der Waals surface area contributed by atoms with Gasteiger partial charge in [-0.1, -0.05) is 19.1 Å². The first-order valence-electron chi connectivity index (χ1n) is 7.00. The maximum atomic E-state index is 11.9. The fraction of sp³-hybridized carbons (Fsp3) is 0.571. The lowest BCUT2D eigenvalue weighted by Crippen LogP contribution is -2.41. The van der Waals surface area contributed by atoms with Crippen LogP contribution in [0.2, 0.25) is 0 Å². The van der Waals surface area contributed by atoms with Crippen molar-refractivity contribution in [2.24, 2.45) is 5.14 Å². The third kappa shape index (κ3) is 2.88. The van der Waals surface area contributed by atoms with Crippen LogP contribution in [0, 0.1) is 0 Å². The molecule has 21 heavy (non-hydrogen) atoms. The molecule has 0 spiro atoms. The summed E-state index contributed by atoms with van der Waals surface area (Å²) >= 11 is 0. The van der Waals surface area contributed by atoms with E-state index in [9.17, 15) is 8.42 Å². The highest BCUT2D eigenvalue weighted by Gasteiger charge is 2.53. The zero-order valence-electron chi connectivity index (χ0n) is 13.1. The van der Waals surface area contributed by atoms with Gasteiger partial charge >= 0.3 is 7.12 Å². The monoisotopic (exact) mass is 311 g/mol. The Morgan fingerprint density at radius 1 is 1.14 bits per heavy atom. The van der Waals surface area contributed by atoms with Crippen molar-refractivity contribution in [2.45, 2.75) is 57.1 Å². The Morgan fingerprint density at radius 3 is 2.10 bits per heavy atom. The van der Waals surface area contributed by atoms with Crippen LogP contribution < -0.4 is 10.6 Å². The summed E-state index contributed by atoms with van der Waals surface area (Å²) in [5.74, 6) is 0. The molecule has 0 aromatic heterocycles. The van der Waals surface area contributed by atoms with Gasteiger partial charge in [-0.3, -0.25) is 0 Å². The summed E-state index contributed by atoms with van der Waals surface area (Å²) in [4.78, 5) is 0.0698. The van der Waals surface area contributed by atoms with E-state index in [1.165, 1.54) is 6.07 Å². The van der Waals surface area contributed by atoms with Crippen LogP contribution in [0.4, 0.5) is 0 Å². The van der Waals surface area contributed by atoms with Gasteiger partial charge in [0.15, 0.2) is 0 Å². The van der Waals surface area contributed by atoms with Gasteiger partial charge < -0.3 is 9.31 Å². The van der Waals surface area contributed by atoms with Crippen molar-refractivity contribution < 1.29 is 17.7 Å². The highest BCUT2D eigenvalue weighted by molar-refractivity contribution is 7.89. The summed E-state index contributed by atoms with van der Waals surface area (Å²) in [5.41, 5.74) is 0.309. The minimum Gasteiger partial charge on any atom is -0.399 e. The number of primary sulfonamides is 1. The number of aryl methyl sites for hydroxylation is 1. The molecule has 1 aliphatic rings. The molecule has 5 nitrogen and oxygen atoms in total. The van der Waals surface area contributed by atoms with Crippen LogP contribution in [-0.4, -0.2) is 26.7 Å². The van der Waals surface area contributed by atoms with Crippen molar-refractivity contribution in [3.8, 4) is 0 Å². The largest absolute Gasteiger partial charge is 0.496 e. The van der Waals surface area contributed by atoms with E-state index in [1.807, 2.05) is 40.7 Å². The first kappa shape index (κ1) is 16.5. The predicted octanol–water partition coefficient (Wildman–Crippen LogP) is 1.20. The molecule has 1 aromatic carbocycles. The molecule has 116 valence electrons. The fourth-order valence-electron chi connectivity index (χ4n) is 2.37. The molecule has 0 unspecified atom stereocenters. The Kier molecular flexibility index (Phi) is 3.99.